The summed E-state index contributed by atoms with van der Waals surface area (Å²) in [6.45, 7) is 6.42. The van der Waals surface area contributed by atoms with Gasteiger partial charge in [0.15, 0.2) is 0 Å². The van der Waals surface area contributed by atoms with E-state index in [9.17, 15) is 8.42 Å². The van der Waals surface area contributed by atoms with E-state index in [4.69, 9.17) is 0 Å². The van der Waals surface area contributed by atoms with E-state index in [1.807, 2.05) is 12.1 Å². The van der Waals surface area contributed by atoms with Gasteiger partial charge in [-0.25, -0.2) is 13.4 Å². The molecule has 0 bridgehead atoms. The van der Waals surface area contributed by atoms with Crippen LogP contribution in [0.1, 0.15) is 32.8 Å². The lowest BCUT2D eigenvalue weighted by Crippen LogP contribution is -2.27. The van der Waals surface area contributed by atoms with Gasteiger partial charge in [-0.1, -0.05) is 39.0 Å². The van der Waals surface area contributed by atoms with Crippen molar-refractivity contribution in [2.24, 2.45) is 0 Å². The van der Waals surface area contributed by atoms with Crippen molar-refractivity contribution in [1.82, 2.24) is 4.98 Å². The Bertz CT molecular complexity index is 723. The van der Waals surface area contributed by atoms with E-state index >= 15 is 0 Å². The lowest BCUT2D eigenvalue weighted by Gasteiger charge is -2.24. The van der Waals surface area contributed by atoms with Gasteiger partial charge in [-0.15, -0.1) is 0 Å². The maximum Gasteiger partial charge on any atom is 0.265 e. The second-order valence-electron chi connectivity index (χ2n) is 5.92. The zero-order chi connectivity index (χ0) is 16.4. The van der Waals surface area contributed by atoms with Crippen molar-refractivity contribution < 1.29 is 8.42 Å². The van der Waals surface area contributed by atoms with E-state index in [2.05, 4.69) is 25.8 Å². The third-order valence-corrected chi connectivity index (χ3v) is 5.93. The number of pyridine rings is 1. The van der Waals surface area contributed by atoms with E-state index < -0.39 is 10.0 Å². The lowest BCUT2D eigenvalue weighted by molar-refractivity contribution is 0.506. The molecule has 0 radical (unpaired) electrons. The largest absolute Gasteiger partial charge is 0.265 e. The van der Waals surface area contributed by atoms with Gasteiger partial charge in [-0.05, 0) is 41.7 Å². The Hall–Kier alpha value is -1.88. The zero-order valence-corrected chi connectivity index (χ0v) is 14.3. The first-order valence-corrected chi connectivity index (χ1v) is 8.73. The normalized spacial score (nSPS) is 12.2. The second kappa shape index (κ2) is 6.08. The molecule has 1 aromatic carbocycles. The molecule has 1 aromatic heterocycles. The number of sulfonamides is 1. The third kappa shape index (κ3) is 3.14. The first kappa shape index (κ1) is 16.5. The van der Waals surface area contributed by atoms with E-state index in [-0.39, 0.29) is 10.3 Å². The highest BCUT2D eigenvalue weighted by molar-refractivity contribution is 7.92. The van der Waals surface area contributed by atoms with Crippen LogP contribution in [-0.2, 0) is 15.4 Å². The Morgan fingerprint density at radius 2 is 1.73 bits per heavy atom. The van der Waals surface area contributed by atoms with Crippen molar-refractivity contribution in [3.8, 4) is 0 Å². The van der Waals surface area contributed by atoms with Gasteiger partial charge in [-0.2, -0.15) is 0 Å². The molecule has 0 saturated heterocycles. The number of aromatic nitrogens is 1. The summed E-state index contributed by atoms with van der Waals surface area (Å²) in [5.41, 5.74) is 1.17. The molecule has 4 nitrogen and oxygen atoms in total. The van der Waals surface area contributed by atoms with Gasteiger partial charge in [0.05, 0.1) is 4.90 Å². The molecule has 118 valence electrons. The zero-order valence-electron chi connectivity index (χ0n) is 13.4. The first-order valence-electron chi connectivity index (χ1n) is 7.29. The van der Waals surface area contributed by atoms with Gasteiger partial charge in [0.1, 0.15) is 5.82 Å². The summed E-state index contributed by atoms with van der Waals surface area (Å²) in [4.78, 5) is 4.36. The fourth-order valence-electron chi connectivity index (χ4n) is 2.10. The quantitative estimate of drug-likeness (QED) is 0.846. The summed E-state index contributed by atoms with van der Waals surface area (Å²) in [6, 6.07) is 12.3. The van der Waals surface area contributed by atoms with Crippen LogP contribution in [0.2, 0.25) is 0 Å². The van der Waals surface area contributed by atoms with Gasteiger partial charge in [0.2, 0.25) is 0 Å². The predicted octanol–water partition coefficient (Wildman–Crippen LogP) is 3.59. The van der Waals surface area contributed by atoms with Crippen LogP contribution in [0.25, 0.3) is 0 Å². The SMILES string of the molecule is CCC(C)(C)c1ccc(S(=O)(=O)N(C)c2ccccn2)cc1. The van der Waals surface area contributed by atoms with Gasteiger partial charge in [0.25, 0.3) is 10.0 Å². The van der Waals surface area contributed by atoms with Crippen LogP contribution in [0, 0.1) is 0 Å². The smallest absolute Gasteiger partial charge is 0.253 e. The van der Waals surface area contributed by atoms with Gasteiger partial charge in [0, 0.05) is 13.2 Å². The van der Waals surface area contributed by atoms with Gasteiger partial charge < -0.3 is 0 Å². The van der Waals surface area contributed by atoms with Crippen molar-refractivity contribution in [3.05, 3.63) is 54.2 Å². The van der Waals surface area contributed by atoms with E-state index in [1.54, 1.807) is 36.5 Å². The summed E-state index contributed by atoms with van der Waals surface area (Å²) in [5, 5.41) is 0. The van der Waals surface area contributed by atoms with E-state index in [1.165, 1.54) is 11.4 Å². The Balaban J connectivity index is 2.35. The number of rotatable bonds is 5. The van der Waals surface area contributed by atoms with Crippen molar-refractivity contribution in [1.29, 1.82) is 0 Å². The van der Waals surface area contributed by atoms with Gasteiger partial charge >= 0.3 is 0 Å². The highest BCUT2D eigenvalue weighted by atomic mass is 32.2. The molecule has 22 heavy (non-hydrogen) atoms. The van der Waals surface area contributed by atoms with Crippen LogP contribution in [0.3, 0.4) is 0 Å². The fourth-order valence-corrected chi connectivity index (χ4v) is 3.25. The molecule has 0 aliphatic rings. The number of hydrogen-bond donors (Lipinski definition) is 0. The molecule has 0 amide bonds. The number of hydrogen-bond acceptors (Lipinski definition) is 3. The maximum absolute atomic E-state index is 12.6. The topological polar surface area (TPSA) is 50.3 Å². The molecule has 0 spiro atoms. The van der Waals surface area contributed by atoms with Crippen LogP contribution < -0.4 is 4.31 Å². The standard InChI is InChI=1S/C17H22N2O2S/c1-5-17(2,3)14-9-11-15(12-10-14)22(20,21)19(4)16-8-6-7-13-18-16/h6-13H,5H2,1-4H3. The molecule has 0 unspecified atom stereocenters. The van der Waals surface area contributed by atoms with Crippen LogP contribution in [-0.4, -0.2) is 20.4 Å². The van der Waals surface area contributed by atoms with Crippen molar-refractivity contribution in [2.75, 3.05) is 11.4 Å². The molecular formula is C17H22N2O2S. The van der Waals surface area contributed by atoms with Crippen molar-refractivity contribution >= 4 is 15.8 Å². The molecule has 0 atom stereocenters. The van der Waals surface area contributed by atoms with Crippen molar-refractivity contribution in [2.45, 2.75) is 37.5 Å². The minimum Gasteiger partial charge on any atom is -0.253 e. The molecular weight excluding hydrogens is 296 g/mol. The molecule has 2 rings (SSSR count). The van der Waals surface area contributed by atoms with Crippen molar-refractivity contribution in [3.63, 3.8) is 0 Å². The Labute approximate surface area is 132 Å². The third-order valence-electron chi connectivity index (χ3n) is 4.15. The van der Waals surface area contributed by atoms with Crippen LogP contribution >= 0.6 is 0 Å². The molecule has 5 heteroatoms. The summed E-state index contributed by atoms with van der Waals surface area (Å²) in [5.74, 6) is 0.403. The molecule has 0 saturated carbocycles. The minimum absolute atomic E-state index is 0.0369. The Morgan fingerprint density at radius 1 is 1.09 bits per heavy atom. The van der Waals surface area contributed by atoms with E-state index in [0.29, 0.717) is 5.82 Å². The van der Waals surface area contributed by atoms with Gasteiger partial charge in [-0.3, -0.25) is 4.31 Å². The van der Waals surface area contributed by atoms with Crippen LogP contribution in [0.4, 0.5) is 5.82 Å². The highest BCUT2D eigenvalue weighted by Gasteiger charge is 2.23. The molecule has 1 heterocycles. The summed E-state index contributed by atoms with van der Waals surface area (Å²) >= 11 is 0. The first-order chi connectivity index (χ1) is 10.3. The highest BCUT2D eigenvalue weighted by Crippen LogP contribution is 2.28. The average molecular weight is 318 g/mol. The lowest BCUT2D eigenvalue weighted by atomic mass is 9.82. The number of nitrogens with zero attached hydrogens (tertiary/aromatic N) is 2. The summed E-state index contributed by atoms with van der Waals surface area (Å²) in [6.07, 6.45) is 2.57. The molecule has 0 fully saturated rings. The fraction of sp³-hybridized carbons (Fsp3) is 0.353. The summed E-state index contributed by atoms with van der Waals surface area (Å²) in [7, 11) is -2.07. The second-order valence-corrected chi connectivity index (χ2v) is 7.89. The monoisotopic (exact) mass is 318 g/mol. The molecule has 0 N–H and O–H groups in total. The average Bonchev–Trinajstić information content (AvgIpc) is 2.55. The van der Waals surface area contributed by atoms with Crippen LogP contribution in [0.5, 0.6) is 0 Å². The van der Waals surface area contributed by atoms with Crippen LogP contribution in [0.15, 0.2) is 53.6 Å². The van der Waals surface area contributed by atoms with E-state index in [0.717, 1.165) is 12.0 Å². The Morgan fingerprint density at radius 3 is 2.23 bits per heavy atom. The molecule has 0 aliphatic carbocycles. The summed E-state index contributed by atoms with van der Waals surface area (Å²) < 4.78 is 26.5. The maximum atomic E-state index is 12.6. The molecule has 2 aromatic rings. The minimum atomic E-state index is -3.59. The molecule has 0 aliphatic heterocycles. The number of benzene rings is 1. The Kier molecular flexibility index (Phi) is 4.56. The number of anilines is 1. The predicted molar refractivity (Wildman–Crippen MR) is 89.6 cm³/mol.